The molecule has 16 heavy (non-hydrogen) atoms. The molecule has 2 heteroatoms. The van der Waals surface area contributed by atoms with Crippen molar-refractivity contribution in [1.82, 2.24) is 5.32 Å². The summed E-state index contributed by atoms with van der Waals surface area (Å²) < 4.78 is 5.69. The van der Waals surface area contributed by atoms with Crippen molar-refractivity contribution in [2.24, 2.45) is 5.92 Å². The summed E-state index contributed by atoms with van der Waals surface area (Å²) in [6.45, 7) is 3.17. The zero-order chi connectivity index (χ0) is 11.4. The van der Waals surface area contributed by atoms with Crippen LogP contribution in [0.3, 0.4) is 0 Å². The second-order valence-electron chi connectivity index (χ2n) is 4.49. The van der Waals surface area contributed by atoms with E-state index in [2.05, 4.69) is 42.6 Å². The molecule has 0 saturated heterocycles. The topological polar surface area (TPSA) is 21.3 Å². The van der Waals surface area contributed by atoms with Crippen LogP contribution in [0.15, 0.2) is 30.3 Å². The van der Waals surface area contributed by atoms with Crippen LogP contribution < -0.4 is 5.32 Å². The Morgan fingerprint density at radius 3 is 2.50 bits per heavy atom. The molecule has 2 atom stereocenters. The number of rotatable bonds is 6. The fraction of sp³-hybridized carbons (Fsp3) is 0.571. The molecule has 1 N–H and O–H groups in total. The standard InChI is InChI=1S/C14H21NO/c1-3-15-13(11-9-10-11)14(16-2)12-7-5-4-6-8-12/h4-8,11,13-15H,3,9-10H2,1-2H3. The number of benzene rings is 1. The Morgan fingerprint density at radius 2 is 2.00 bits per heavy atom. The molecule has 1 saturated carbocycles. The lowest BCUT2D eigenvalue weighted by atomic mass is 9.98. The molecule has 2 unspecified atom stereocenters. The highest BCUT2D eigenvalue weighted by Gasteiger charge is 2.36. The first-order valence-corrected chi connectivity index (χ1v) is 6.18. The van der Waals surface area contributed by atoms with Gasteiger partial charge in [0.25, 0.3) is 0 Å². The van der Waals surface area contributed by atoms with Crippen LogP contribution in [0.1, 0.15) is 31.4 Å². The van der Waals surface area contributed by atoms with Gasteiger partial charge in [0.1, 0.15) is 0 Å². The van der Waals surface area contributed by atoms with Gasteiger partial charge in [-0.2, -0.15) is 0 Å². The molecule has 2 rings (SSSR count). The van der Waals surface area contributed by atoms with Crippen molar-refractivity contribution in [3.63, 3.8) is 0 Å². The normalized spacial score (nSPS) is 19.4. The smallest absolute Gasteiger partial charge is 0.0976 e. The summed E-state index contributed by atoms with van der Waals surface area (Å²) in [7, 11) is 1.81. The van der Waals surface area contributed by atoms with E-state index >= 15 is 0 Å². The second kappa shape index (κ2) is 5.46. The van der Waals surface area contributed by atoms with Gasteiger partial charge in [-0.25, -0.2) is 0 Å². The average molecular weight is 219 g/mol. The Hall–Kier alpha value is -0.860. The van der Waals surface area contributed by atoms with E-state index in [9.17, 15) is 0 Å². The zero-order valence-corrected chi connectivity index (χ0v) is 10.1. The number of methoxy groups -OCH3 is 1. The number of likely N-dealkylation sites (N-methyl/N-ethyl adjacent to an activating group) is 1. The summed E-state index contributed by atoms with van der Waals surface area (Å²) in [5, 5.41) is 3.57. The molecule has 0 amide bonds. The average Bonchev–Trinajstić information content (AvgIpc) is 3.14. The summed E-state index contributed by atoms with van der Waals surface area (Å²) in [4.78, 5) is 0. The molecule has 2 nitrogen and oxygen atoms in total. The first-order chi connectivity index (χ1) is 7.86. The van der Waals surface area contributed by atoms with Crippen LogP contribution >= 0.6 is 0 Å². The van der Waals surface area contributed by atoms with Crippen molar-refractivity contribution in [2.45, 2.75) is 31.9 Å². The fourth-order valence-corrected chi connectivity index (χ4v) is 2.34. The molecular formula is C14H21NO. The quantitative estimate of drug-likeness (QED) is 0.794. The van der Waals surface area contributed by atoms with E-state index in [-0.39, 0.29) is 6.10 Å². The van der Waals surface area contributed by atoms with Crippen LogP contribution in [0.5, 0.6) is 0 Å². The molecule has 1 aliphatic rings. The van der Waals surface area contributed by atoms with Gasteiger partial charge in [0, 0.05) is 13.2 Å². The summed E-state index contributed by atoms with van der Waals surface area (Å²) in [5.41, 5.74) is 1.28. The van der Waals surface area contributed by atoms with Gasteiger partial charge in [-0.15, -0.1) is 0 Å². The molecule has 1 fully saturated rings. The Bertz CT molecular complexity index is 308. The maximum Gasteiger partial charge on any atom is 0.0976 e. The van der Waals surface area contributed by atoms with Gasteiger partial charge in [-0.1, -0.05) is 37.3 Å². The molecule has 0 spiro atoms. The lowest BCUT2D eigenvalue weighted by molar-refractivity contribution is 0.0610. The minimum atomic E-state index is 0.189. The van der Waals surface area contributed by atoms with Crippen molar-refractivity contribution in [2.75, 3.05) is 13.7 Å². The third-order valence-electron chi connectivity index (χ3n) is 3.28. The largest absolute Gasteiger partial charge is 0.375 e. The Labute approximate surface area is 98.0 Å². The molecule has 0 aromatic heterocycles. The second-order valence-corrected chi connectivity index (χ2v) is 4.49. The van der Waals surface area contributed by atoms with Crippen LogP contribution in [0.2, 0.25) is 0 Å². The number of ether oxygens (including phenoxy) is 1. The van der Waals surface area contributed by atoms with Crippen molar-refractivity contribution >= 4 is 0 Å². The Balaban J connectivity index is 2.13. The molecule has 0 heterocycles. The number of nitrogens with one attached hydrogen (secondary N) is 1. The molecule has 88 valence electrons. The molecule has 1 aromatic rings. The van der Waals surface area contributed by atoms with Gasteiger partial charge in [0.15, 0.2) is 0 Å². The SMILES string of the molecule is CCNC(C1CC1)C(OC)c1ccccc1. The maximum absolute atomic E-state index is 5.69. The van der Waals surface area contributed by atoms with Gasteiger partial charge in [-0.05, 0) is 30.9 Å². The van der Waals surface area contributed by atoms with E-state index in [0.29, 0.717) is 6.04 Å². The molecule has 1 aromatic carbocycles. The predicted molar refractivity (Wildman–Crippen MR) is 66.4 cm³/mol. The molecule has 0 bridgehead atoms. The van der Waals surface area contributed by atoms with E-state index in [0.717, 1.165) is 12.5 Å². The van der Waals surface area contributed by atoms with Crippen LogP contribution in [-0.2, 0) is 4.74 Å². The van der Waals surface area contributed by atoms with E-state index in [1.807, 2.05) is 7.11 Å². The van der Waals surface area contributed by atoms with Crippen LogP contribution in [0, 0.1) is 5.92 Å². The first kappa shape index (κ1) is 11.6. The zero-order valence-electron chi connectivity index (χ0n) is 10.1. The number of hydrogen-bond acceptors (Lipinski definition) is 2. The van der Waals surface area contributed by atoms with E-state index in [1.54, 1.807) is 0 Å². The first-order valence-electron chi connectivity index (χ1n) is 6.18. The van der Waals surface area contributed by atoms with Crippen molar-refractivity contribution in [3.8, 4) is 0 Å². The minimum Gasteiger partial charge on any atom is -0.375 e. The Kier molecular flexibility index (Phi) is 3.97. The van der Waals surface area contributed by atoms with Crippen LogP contribution in [-0.4, -0.2) is 19.7 Å². The summed E-state index contributed by atoms with van der Waals surface area (Å²) in [6.07, 6.45) is 2.86. The third-order valence-corrected chi connectivity index (χ3v) is 3.28. The highest BCUT2D eigenvalue weighted by atomic mass is 16.5. The summed E-state index contributed by atoms with van der Waals surface area (Å²) in [6, 6.07) is 11.0. The molecular weight excluding hydrogens is 198 g/mol. The highest BCUT2D eigenvalue weighted by Crippen LogP contribution is 2.39. The molecule has 0 radical (unpaired) electrons. The van der Waals surface area contributed by atoms with Gasteiger partial charge in [0.05, 0.1) is 6.10 Å². The van der Waals surface area contributed by atoms with Crippen LogP contribution in [0.4, 0.5) is 0 Å². The van der Waals surface area contributed by atoms with Gasteiger partial charge in [0.2, 0.25) is 0 Å². The minimum absolute atomic E-state index is 0.189. The monoisotopic (exact) mass is 219 g/mol. The van der Waals surface area contributed by atoms with Gasteiger partial charge < -0.3 is 10.1 Å². The molecule has 0 aliphatic heterocycles. The van der Waals surface area contributed by atoms with E-state index < -0.39 is 0 Å². The van der Waals surface area contributed by atoms with Crippen LogP contribution in [0.25, 0.3) is 0 Å². The van der Waals surface area contributed by atoms with Crippen molar-refractivity contribution in [1.29, 1.82) is 0 Å². The third kappa shape index (κ3) is 2.63. The van der Waals surface area contributed by atoms with Gasteiger partial charge in [-0.3, -0.25) is 0 Å². The van der Waals surface area contributed by atoms with E-state index in [1.165, 1.54) is 18.4 Å². The van der Waals surface area contributed by atoms with Crippen molar-refractivity contribution < 1.29 is 4.74 Å². The van der Waals surface area contributed by atoms with Gasteiger partial charge >= 0.3 is 0 Å². The summed E-state index contributed by atoms with van der Waals surface area (Å²) in [5.74, 6) is 0.796. The highest BCUT2D eigenvalue weighted by molar-refractivity contribution is 5.20. The van der Waals surface area contributed by atoms with E-state index in [4.69, 9.17) is 4.74 Å². The lowest BCUT2D eigenvalue weighted by Gasteiger charge is -2.27. The molecule has 1 aliphatic carbocycles. The number of hydrogen-bond donors (Lipinski definition) is 1. The maximum atomic E-state index is 5.69. The fourth-order valence-electron chi connectivity index (χ4n) is 2.34. The Morgan fingerprint density at radius 1 is 1.31 bits per heavy atom. The lowest BCUT2D eigenvalue weighted by Crippen LogP contribution is -2.37. The predicted octanol–water partition coefficient (Wildman–Crippen LogP) is 2.76. The van der Waals surface area contributed by atoms with Crippen molar-refractivity contribution in [3.05, 3.63) is 35.9 Å². The summed E-state index contributed by atoms with van der Waals surface area (Å²) >= 11 is 0.